The second-order valence-electron chi connectivity index (χ2n) is 3.08. The summed E-state index contributed by atoms with van der Waals surface area (Å²) < 4.78 is 17.7. The molecule has 0 aliphatic rings. The minimum atomic E-state index is -0.495. The van der Waals surface area contributed by atoms with E-state index in [0.29, 0.717) is 11.8 Å². The minimum absolute atomic E-state index is 0.0887. The van der Waals surface area contributed by atoms with Crippen molar-refractivity contribution in [2.24, 2.45) is 0 Å². The van der Waals surface area contributed by atoms with Gasteiger partial charge in [-0.1, -0.05) is 24.3 Å². The van der Waals surface area contributed by atoms with Gasteiger partial charge in [0.15, 0.2) is 0 Å². The van der Waals surface area contributed by atoms with Crippen LogP contribution < -0.4 is 0 Å². The molecule has 0 amide bonds. The molecule has 0 aliphatic heterocycles. The average Bonchev–Trinajstić information content (AvgIpc) is 2.30. The number of hydrogen-bond donors (Lipinski definition) is 0. The first-order valence-corrected chi connectivity index (χ1v) is 4.65. The molecule has 0 N–H and O–H groups in total. The Morgan fingerprint density at radius 1 is 1.50 bits per heavy atom. The van der Waals surface area contributed by atoms with E-state index in [1.54, 1.807) is 0 Å². The molecule has 0 aromatic heterocycles. The van der Waals surface area contributed by atoms with Crippen LogP contribution in [0.4, 0.5) is 4.39 Å². The van der Waals surface area contributed by atoms with Crippen LogP contribution in [-0.4, -0.2) is 19.4 Å². The second-order valence-corrected chi connectivity index (χ2v) is 3.08. The Bertz CT molecular complexity index is 424. The average molecular weight is 222 g/mol. The number of carbonyl (C=O) groups is 2. The Labute approximate surface area is 92.5 Å². The van der Waals surface area contributed by atoms with Gasteiger partial charge in [0.1, 0.15) is 12.1 Å². The van der Waals surface area contributed by atoms with Gasteiger partial charge in [0.2, 0.25) is 0 Å². The molecule has 0 saturated carbocycles. The smallest absolute Gasteiger partial charge is 0.309 e. The van der Waals surface area contributed by atoms with E-state index in [1.165, 1.54) is 31.4 Å². The summed E-state index contributed by atoms with van der Waals surface area (Å²) in [4.78, 5) is 21.1. The molecule has 84 valence electrons. The predicted molar refractivity (Wildman–Crippen MR) is 57.5 cm³/mol. The molecule has 1 aromatic carbocycles. The van der Waals surface area contributed by atoms with Gasteiger partial charge >= 0.3 is 5.97 Å². The Hall–Kier alpha value is -1.97. The van der Waals surface area contributed by atoms with Crippen molar-refractivity contribution < 1.29 is 18.7 Å². The molecule has 1 rings (SSSR count). The lowest BCUT2D eigenvalue weighted by Crippen LogP contribution is -1.96. The second kappa shape index (κ2) is 5.80. The number of rotatable bonds is 4. The summed E-state index contributed by atoms with van der Waals surface area (Å²) >= 11 is 0. The zero-order valence-electron chi connectivity index (χ0n) is 8.77. The van der Waals surface area contributed by atoms with E-state index >= 15 is 0 Å². The summed E-state index contributed by atoms with van der Waals surface area (Å²) in [6.07, 6.45) is 3.64. The van der Waals surface area contributed by atoms with Gasteiger partial charge in [0.05, 0.1) is 13.5 Å². The fourth-order valence-corrected chi connectivity index (χ4v) is 1.12. The van der Waals surface area contributed by atoms with Gasteiger partial charge in [-0.05, 0) is 6.07 Å². The highest BCUT2D eigenvalue weighted by molar-refractivity contribution is 5.76. The van der Waals surface area contributed by atoms with Gasteiger partial charge in [0.25, 0.3) is 0 Å². The van der Waals surface area contributed by atoms with Crippen molar-refractivity contribution in [2.45, 2.75) is 6.42 Å². The Morgan fingerprint density at radius 3 is 2.81 bits per heavy atom. The summed E-state index contributed by atoms with van der Waals surface area (Å²) in [5.41, 5.74) is 0.608. The number of benzene rings is 1. The van der Waals surface area contributed by atoms with E-state index < -0.39 is 5.82 Å². The standard InChI is InChI=1S/C12H11FO3/c1-16-12(15)4-2-3-10-6-5-9(8-14)7-11(10)13/h2-3,5-8H,4H2,1H3. The van der Waals surface area contributed by atoms with E-state index in [-0.39, 0.29) is 18.0 Å². The third-order valence-electron chi connectivity index (χ3n) is 1.97. The van der Waals surface area contributed by atoms with E-state index in [0.717, 1.165) is 6.07 Å². The van der Waals surface area contributed by atoms with Crippen molar-refractivity contribution in [3.63, 3.8) is 0 Å². The van der Waals surface area contributed by atoms with Crippen LogP contribution in [-0.2, 0) is 9.53 Å². The van der Waals surface area contributed by atoms with Crippen molar-refractivity contribution in [1.29, 1.82) is 0 Å². The number of hydrogen-bond acceptors (Lipinski definition) is 3. The maximum atomic E-state index is 13.3. The van der Waals surface area contributed by atoms with Crippen molar-refractivity contribution in [2.75, 3.05) is 7.11 Å². The first-order chi connectivity index (χ1) is 7.67. The summed E-state index contributed by atoms with van der Waals surface area (Å²) in [6.45, 7) is 0. The molecule has 0 radical (unpaired) electrons. The highest BCUT2D eigenvalue weighted by Crippen LogP contribution is 2.11. The van der Waals surface area contributed by atoms with E-state index in [1.807, 2.05) is 0 Å². The van der Waals surface area contributed by atoms with Gasteiger partial charge in [-0.15, -0.1) is 0 Å². The number of esters is 1. The minimum Gasteiger partial charge on any atom is -0.469 e. The van der Waals surface area contributed by atoms with E-state index in [9.17, 15) is 14.0 Å². The molecular weight excluding hydrogens is 211 g/mol. The molecule has 0 unspecified atom stereocenters. The summed E-state index contributed by atoms with van der Waals surface area (Å²) in [5.74, 6) is -0.883. The molecule has 0 heterocycles. The highest BCUT2D eigenvalue weighted by atomic mass is 19.1. The van der Waals surface area contributed by atoms with Crippen LogP contribution in [0, 0.1) is 5.82 Å². The molecule has 1 aromatic rings. The highest BCUT2D eigenvalue weighted by Gasteiger charge is 2.00. The molecule has 0 atom stereocenters. The molecule has 0 saturated heterocycles. The third-order valence-corrected chi connectivity index (χ3v) is 1.97. The normalized spacial score (nSPS) is 10.4. The summed E-state index contributed by atoms with van der Waals surface area (Å²) in [5, 5.41) is 0. The third kappa shape index (κ3) is 3.31. The summed E-state index contributed by atoms with van der Waals surface area (Å²) in [7, 11) is 1.29. The maximum absolute atomic E-state index is 13.3. The molecule has 0 fully saturated rings. The van der Waals surface area contributed by atoms with Crippen LogP contribution in [0.5, 0.6) is 0 Å². The Kier molecular flexibility index (Phi) is 4.39. The fourth-order valence-electron chi connectivity index (χ4n) is 1.12. The van der Waals surface area contributed by atoms with Gasteiger partial charge in [-0.3, -0.25) is 9.59 Å². The van der Waals surface area contributed by atoms with Crippen LogP contribution in [0.15, 0.2) is 24.3 Å². The summed E-state index contributed by atoms with van der Waals surface area (Å²) in [6, 6.07) is 4.13. The van der Waals surface area contributed by atoms with Gasteiger partial charge in [-0.25, -0.2) is 4.39 Å². The Balaban J connectivity index is 2.74. The molecule has 0 aliphatic carbocycles. The lowest BCUT2D eigenvalue weighted by atomic mass is 10.1. The number of methoxy groups -OCH3 is 1. The quantitative estimate of drug-likeness (QED) is 0.579. The lowest BCUT2D eigenvalue weighted by molar-refractivity contribution is -0.139. The number of aldehydes is 1. The molecule has 16 heavy (non-hydrogen) atoms. The SMILES string of the molecule is COC(=O)CC=Cc1ccc(C=O)cc1F. The predicted octanol–water partition coefficient (Wildman–Crippen LogP) is 2.21. The number of halogens is 1. The topological polar surface area (TPSA) is 43.4 Å². The Morgan fingerprint density at radius 2 is 2.25 bits per heavy atom. The van der Waals surface area contributed by atoms with Crippen molar-refractivity contribution in [1.82, 2.24) is 0 Å². The number of ether oxygens (including phenoxy) is 1. The van der Waals surface area contributed by atoms with E-state index in [2.05, 4.69) is 4.74 Å². The van der Waals surface area contributed by atoms with Crippen molar-refractivity contribution >= 4 is 18.3 Å². The monoisotopic (exact) mass is 222 g/mol. The van der Waals surface area contributed by atoms with E-state index in [4.69, 9.17) is 0 Å². The van der Waals surface area contributed by atoms with Gasteiger partial charge in [-0.2, -0.15) is 0 Å². The molecule has 4 heteroatoms. The first kappa shape index (κ1) is 12.1. The lowest BCUT2D eigenvalue weighted by Gasteiger charge is -1.97. The number of carbonyl (C=O) groups excluding carboxylic acids is 2. The molecular formula is C12H11FO3. The first-order valence-electron chi connectivity index (χ1n) is 4.65. The fraction of sp³-hybridized carbons (Fsp3) is 0.167. The van der Waals surface area contributed by atoms with Crippen LogP contribution in [0.1, 0.15) is 22.3 Å². The molecule has 0 spiro atoms. The van der Waals surface area contributed by atoms with Gasteiger partial charge < -0.3 is 4.74 Å². The zero-order chi connectivity index (χ0) is 12.0. The van der Waals surface area contributed by atoms with Crippen LogP contribution in [0.2, 0.25) is 0 Å². The maximum Gasteiger partial charge on any atom is 0.309 e. The van der Waals surface area contributed by atoms with Crippen molar-refractivity contribution in [3.8, 4) is 0 Å². The van der Waals surface area contributed by atoms with Crippen LogP contribution >= 0.6 is 0 Å². The van der Waals surface area contributed by atoms with Crippen LogP contribution in [0.25, 0.3) is 6.08 Å². The zero-order valence-corrected chi connectivity index (χ0v) is 8.77. The molecule has 3 nitrogen and oxygen atoms in total. The molecule has 0 bridgehead atoms. The largest absolute Gasteiger partial charge is 0.469 e. The van der Waals surface area contributed by atoms with Crippen LogP contribution in [0.3, 0.4) is 0 Å². The van der Waals surface area contributed by atoms with Crippen molar-refractivity contribution in [3.05, 3.63) is 41.2 Å². The van der Waals surface area contributed by atoms with Gasteiger partial charge in [0, 0.05) is 11.1 Å².